The Kier molecular flexibility index (Phi) is 4.72. The van der Waals surface area contributed by atoms with Gasteiger partial charge in [-0.3, -0.25) is 9.80 Å². The van der Waals surface area contributed by atoms with Crippen LogP contribution in [0, 0.1) is 0 Å². The first-order valence-corrected chi connectivity index (χ1v) is 9.77. The van der Waals surface area contributed by atoms with Crippen molar-refractivity contribution >= 4 is 0 Å². The summed E-state index contributed by atoms with van der Waals surface area (Å²) in [6.45, 7) is 7.37. The van der Waals surface area contributed by atoms with Crippen LogP contribution >= 0.6 is 0 Å². The van der Waals surface area contributed by atoms with Crippen molar-refractivity contribution in [3.63, 3.8) is 0 Å². The second kappa shape index (κ2) is 7.36. The third-order valence-corrected chi connectivity index (χ3v) is 5.56. The number of rotatable bonds is 5. The molecule has 0 spiro atoms. The summed E-state index contributed by atoms with van der Waals surface area (Å²) in [5.74, 6) is 2.19. The molecule has 0 unspecified atom stereocenters. The molecule has 28 heavy (non-hydrogen) atoms. The Labute approximate surface area is 163 Å². The lowest BCUT2D eigenvalue weighted by Gasteiger charge is -2.34. The molecule has 1 aromatic heterocycles. The highest BCUT2D eigenvalue weighted by Crippen LogP contribution is 2.31. The van der Waals surface area contributed by atoms with Crippen molar-refractivity contribution in [2.24, 2.45) is 0 Å². The van der Waals surface area contributed by atoms with Gasteiger partial charge in [0, 0.05) is 45.3 Å². The predicted molar refractivity (Wildman–Crippen MR) is 99.2 cm³/mol. The summed E-state index contributed by atoms with van der Waals surface area (Å²) in [6, 6.07) is 8.06. The summed E-state index contributed by atoms with van der Waals surface area (Å²) in [5.41, 5.74) is 1.11. The van der Waals surface area contributed by atoms with Crippen LogP contribution in [0.1, 0.15) is 17.0 Å². The smallest absolute Gasteiger partial charge is 0.173 e. The van der Waals surface area contributed by atoms with Gasteiger partial charge in [-0.05, 0) is 17.7 Å². The number of fused-ring (bicyclic) bond motifs is 1. The van der Waals surface area contributed by atoms with Gasteiger partial charge >= 0.3 is 0 Å². The zero-order valence-electron chi connectivity index (χ0n) is 15.8. The quantitative estimate of drug-likeness (QED) is 0.813. The Morgan fingerprint density at radius 2 is 1.64 bits per heavy atom. The minimum Gasteiger partial charge on any atom is -0.486 e. The van der Waals surface area contributed by atoms with E-state index in [0.717, 1.165) is 56.5 Å². The first-order chi connectivity index (χ1) is 13.7. The molecule has 3 aliphatic rings. The molecule has 0 amide bonds. The molecule has 2 saturated heterocycles. The van der Waals surface area contributed by atoms with E-state index in [0.29, 0.717) is 19.0 Å². The summed E-state index contributed by atoms with van der Waals surface area (Å²) in [6.07, 6.45) is 0. The molecular weight excluding hydrogens is 362 g/mol. The zero-order valence-corrected chi connectivity index (χ0v) is 15.8. The number of benzene rings is 1. The molecule has 2 aromatic rings. The van der Waals surface area contributed by atoms with Gasteiger partial charge in [-0.25, -0.2) is 0 Å². The van der Waals surface area contributed by atoms with Crippen LogP contribution in [0.5, 0.6) is 11.5 Å². The monoisotopic (exact) mass is 387 g/mol. The van der Waals surface area contributed by atoms with E-state index < -0.39 is 5.60 Å². The normalized spacial score (nSPS) is 22.0. The lowest BCUT2D eigenvalue weighted by atomic mass is 9.99. The van der Waals surface area contributed by atoms with E-state index in [-0.39, 0.29) is 13.2 Å². The minimum atomic E-state index is -0.992. The van der Waals surface area contributed by atoms with Crippen LogP contribution in [-0.4, -0.2) is 72.7 Å². The maximum Gasteiger partial charge on any atom is 0.173 e. The number of piperazine rings is 1. The summed E-state index contributed by atoms with van der Waals surface area (Å²) >= 11 is 0. The van der Waals surface area contributed by atoms with Gasteiger partial charge in [-0.1, -0.05) is 11.2 Å². The van der Waals surface area contributed by atoms with Gasteiger partial charge in [0.05, 0.1) is 18.9 Å². The molecule has 0 bridgehead atoms. The fourth-order valence-electron chi connectivity index (χ4n) is 3.82. The molecule has 0 atom stereocenters. The van der Waals surface area contributed by atoms with Crippen LogP contribution in [-0.2, 0) is 23.4 Å². The van der Waals surface area contributed by atoms with Gasteiger partial charge in [0.1, 0.15) is 13.2 Å². The molecule has 150 valence electrons. The number of nitrogens with zero attached hydrogens (tertiary/aromatic N) is 3. The number of aromatic nitrogens is 1. The highest BCUT2D eigenvalue weighted by molar-refractivity contribution is 5.43. The molecule has 1 N–H and O–H groups in total. The van der Waals surface area contributed by atoms with Crippen molar-refractivity contribution in [1.29, 1.82) is 0 Å². The number of aliphatic hydroxyl groups is 1. The molecule has 5 rings (SSSR count). The molecule has 0 aliphatic carbocycles. The third kappa shape index (κ3) is 3.60. The largest absolute Gasteiger partial charge is 0.486 e. The SMILES string of the molecule is OC1(c2cc(CN3CCN(Cc4ccc5c(c4)OCCO5)CC3)no2)COC1. The molecule has 0 saturated carbocycles. The number of ether oxygens (including phenoxy) is 3. The lowest BCUT2D eigenvalue weighted by molar-refractivity contribution is -0.195. The van der Waals surface area contributed by atoms with Crippen LogP contribution < -0.4 is 9.47 Å². The van der Waals surface area contributed by atoms with Crippen molar-refractivity contribution in [2.45, 2.75) is 18.7 Å². The van der Waals surface area contributed by atoms with E-state index in [1.165, 1.54) is 5.56 Å². The van der Waals surface area contributed by atoms with Gasteiger partial charge in [-0.2, -0.15) is 0 Å². The first-order valence-electron chi connectivity index (χ1n) is 9.77. The fraction of sp³-hybridized carbons (Fsp3) is 0.550. The molecule has 0 radical (unpaired) electrons. The van der Waals surface area contributed by atoms with Gasteiger partial charge in [0.15, 0.2) is 22.9 Å². The fourth-order valence-corrected chi connectivity index (χ4v) is 3.82. The van der Waals surface area contributed by atoms with E-state index in [9.17, 15) is 5.11 Å². The third-order valence-electron chi connectivity index (χ3n) is 5.56. The Morgan fingerprint density at radius 3 is 2.36 bits per heavy atom. The van der Waals surface area contributed by atoms with Crippen molar-refractivity contribution in [3.8, 4) is 11.5 Å². The summed E-state index contributed by atoms with van der Waals surface area (Å²) in [5, 5.41) is 14.4. The van der Waals surface area contributed by atoms with E-state index >= 15 is 0 Å². The topological polar surface area (TPSA) is 80.4 Å². The second-order valence-corrected chi connectivity index (χ2v) is 7.74. The highest BCUT2D eigenvalue weighted by Gasteiger charge is 2.42. The van der Waals surface area contributed by atoms with Crippen LogP contribution in [0.2, 0.25) is 0 Å². The van der Waals surface area contributed by atoms with Crippen molar-refractivity contribution in [3.05, 3.63) is 41.3 Å². The molecule has 4 heterocycles. The van der Waals surface area contributed by atoms with Crippen molar-refractivity contribution in [1.82, 2.24) is 15.0 Å². The maximum atomic E-state index is 10.3. The average Bonchev–Trinajstić information content (AvgIpc) is 3.16. The summed E-state index contributed by atoms with van der Waals surface area (Å²) in [4.78, 5) is 4.81. The van der Waals surface area contributed by atoms with Crippen LogP contribution in [0.3, 0.4) is 0 Å². The maximum absolute atomic E-state index is 10.3. The Morgan fingerprint density at radius 1 is 0.929 bits per heavy atom. The molecule has 8 nitrogen and oxygen atoms in total. The summed E-state index contributed by atoms with van der Waals surface area (Å²) < 4.78 is 21.7. The van der Waals surface area contributed by atoms with Crippen molar-refractivity contribution < 1.29 is 23.8 Å². The Hall–Kier alpha value is -2.13. The van der Waals surface area contributed by atoms with Crippen LogP contribution in [0.25, 0.3) is 0 Å². The van der Waals surface area contributed by atoms with Gasteiger partial charge < -0.3 is 23.8 Å². The van der Waals surface area contributed by atoms with E-state index in [1.54, 1.807) is 0 Å². The number of hydrogen-bond donors (Lipinski definition) is 1. The first kappa shape index (κ1) is 17.9. The molecule has 8 heteroatoms. The lowest BCUT2D eigenvalue weighted by Crippen LogP contribution is -2.46. The second-order valence-electron chi connectivity index (χ2n) is 7.74. The molecule has 2 fully saturated rings. The van der Waals surface area contributed by atoms with Crippen LogP contribution in [0.4, 0.5) is 0 Å². The standard InChI is InChI=1S/C20H25N3O5/c24-20(13-25-14-20)19-10-16(21-28-19)12-23-5-3-22(4-6-23)11-15-1-2-17-18(9-15)27-8-7-26-17/h1-2,9-10,24H,3-8,11-14H2. The molecule has 3 aliphatic heterocycles. The van der Waals surface area contributed by atoms with Gasteiger partial charge in [0.2, 0.25) is 0 Å². The van der Waals surface area contributed by atoms with Crippen molar-refractivity contribution in [2.75, 3.05) is 52.6 Å². The molecular formula is C20H25N3O5. The van der Waals surface area contributed by atoms with Gasteiger partial charge in [-0.15, -0.1) is 0 Å². The average molecular weight is 387 g/mol. The molecule has 1 aromatic carbocycles. The highest BCUT2D eigenvalue weighted by atomic mass is 16.6. The Bertz CT molecular complexity index is 827. The Balaban J connectivity index is 1.13. The van der Waals surface area contributed by atoms with E-state index in [1.807, 2.05) is 12.1 Å². The van der Waals surface area contributed by atoms with Crippen LogP contribution in [0.15, 0.2) is 28.8 Å². The summed E-state index contributed by atoms with van der Waals surface area (Å²) in [7, 11) is 0. The van der Waals surface area contributed by atoms with E-state index in [2.05, 4.69) is 27.1 Å². The van der Waals surface area contributed by atoms with Gasteiger partial charge in [0.25, 0.3) is 0 Å². The minimum absolute atomic E-state index is 0.278. The number of hydrogen-bond acceptors (Lipinski definition) is 8. The zero-order chi connectivity index (χ0) is 19.0. The van der Waals surface area contributed by atoms with E-state index in [4.69, 9.17) is 18.7 Å². The predicted octanol–water partition coefficient (Wildman–Crippen LogP) is 0.981.